The highest BCUT2D eigenvalue weighted by Gasteiger charge is 2.26. The van der Waals surface area contributed by atoms with E-state index in [1.165, 1.54) is 0 Å². The third-order valence-electron chi connectivity index (χ3n) is 1.41. The average Bonchev–Trinajstić information content (AvgIpc) is 1.84. The summed E-state index contributed by atoms with van der Waals surface area (Å²) >= 11 is 8.59. The number of rotatable bonds is 4. The fourth-order valence-electron chi connectivity index (χ4n) is 0.607. The Morgan fingerprint density at radius 2 is 2.20 bits per heavy atom. The number of carbonyl (C=O) groups excluding carboxylic acids is 1. The Hall–Kier alpha value is 0.440. The van der Waals surface area contributed by atoms with Crippen LogP contribution < -0.4 is 0 Å². The van der Waals surface area contributed by atoms with Gasteiger partial charge < -0.3 is 0 Å². The van der Waals surface area contributed by atoms with Gasteiger partial charge in [0.15, 0.2) is 0 Å². The summed E-state index contributed by atoms with van der Waals surface area (Å²) in [5.74, 6) is 0. The molecule has 3 heteroatoms. The molecule has 60 valence electrons. The van der Waals surface area contributed by atoms with Gasteiger partial charge in [-0.1, -0.05) is 35.7 Å². The van der Waals surface area contributed by atoms with E-state index in [4.69, 9.17) is 11.6 Å². The summed E-state index contributed by atoms with van der Waals surface area (Å²) in [6, 6.07) is 0. The third-order valence-corrected chi connectivity index (χ3v) is 2.81. The number of hydrogen-bond donors (Lipinski definition) is 0. The molecular formula is C7H12BrClO. The molecule has 0 fully saturated rings. The van der Waals surface area contributed by atoms with Crippen molar-refractivity contribution in [3.8, 4) is 0 Å². The molecule has 0 amide bonds. The van der Waals surface area contributed by atoms with E-state index in [1.54, 1.807) is 6.92 Å². The van der Waals surface area contributed by atoms with Crippen LogP contribution in [0.1, 0.15) is 33.1 Å². The first-order chi connectivity index (χ1) is 4.50. The number of carbonyl (C=O) groups is 1. The number of halogens is 2. The SMILES string of the molecule is CCCCC(C)(Br)C(=O)Cl. The lowest BCUT2D eigenvalue weighted by molar-refractivity contribution is -0.113. The van der Waals surface area contributed by atoms with E-state index in [-0.39, 0.29) is 5.24 Å². The molecule has 0 saturated heterocycles. The lowest BCUT2D eigenvalue weighted by Crippen LogP contribution is -2.23. The Labute approximate surface area is 75.3 Å². The summed E-state index contributed by atoms with van der Waals surface area (Å²) in [6.45, 7) is 3.89. The fourth-order valence-corrected chi connectivity index (χ4v) is 0.982. The lowest BCUT2D eigenvalue weighted by Gasteiger charge is -2.15. The van der Waals surface area contributed by atoms with E-state index >= 15 is 0 Å². The van der Waals surface area contributed by atoms with Gasteiger partial charge in [0, 0.05) is 0 Å². The van der Waals surface area contributed by atoms with Crippen LogP contribution >= 0.6 is 27.5 Å². The van der Waals surface area contributed by atoms with E-state index in [1.807, 2.05) is 0 Å². The fraction of sp³-hybridized carbons (Fsp3) is 0.857. The van der Waals surface area contributed by atoms with Crippen LogP contribution in [-0.2, 0) is 4.79 Å². The largest absolute Gasteiger partial charge is 0.280 e. The van der Waals surface area contributed by atoms with Gasteiger partial charge in [-0.25, -0.2) is 0 Å². The summed E-state index contributed by atoms with van der Waals surface area (Å²) in [6.07, 6.45) is 2.93. The molecule has 0 aliphatic carbocycles. The van der Waals surface area contributed by atoms with E-state index in [2.05, 4.69) is 22.9 Å². The maximum absolute atomic E-state index is 10.7. The monoisotopic (exact) mass is 226 g/mol. The Morgan fingerprint density at radius 1 is 1.70 bits per heavy atom. The molecule has 0 aromatic carbocycles. The summed E-state index contributed by atoms with van der Waals surface area (Å²) in [5, 5.41) is -0.305. The van der Waals surface area contributed by atoms with Crippen molar-refractivity contribution in [2.24, 2.45) is 0 Å². The predicted molar refractivity (Wildman–Crippen MR) is 47.7 cm³/mol. The average molecular weight is 228 g/mol. The van der Waals surface area contributed by atoms with Crippen LogP contribution in [0, 0.1) is 0 Å². The topological polar surface area (TPSA) is 17.1 Å². The van der Waals surface area contributed by atoms with Crippen molar-refractivity contribution in [3.63, 3.8) is 0 Å². The van der Waals surface area contributed by atoms with Crippen molar-refractivity contribution in [2.75, 3.05) is 0 Å². The van der Waals surface area contributed by atoms with Crippen LogP contribution in [-0.4, -0.2) is 9.57 Å². The second-order valence-corrected chi connectivity index (χ2v) is 4.67. The van der Waals surface area contributed by atoms with Gasteiger partial charge in [0.25, 0.3) is 0 Å². The molecule has 0 aromatic rings. The smallest absolute Gasteiger partial charge is 0.238 e. The first kappa shape index (κ1) is 10.4. The highest BCUT2D eigenvalue weighted by atomic mass is 79.9. The molecule has 1 atom stereocenters. The van der Waals surface area contributed by atoms with Crippen molar-refractivity contribution in [1.82, 2.24) is 0 Å². The minimum Gasteiger partial charge on any atom is -0.280 e. The molecule has 1 unspecified atom stereocenters. The van der Waals surface area contributed by atoms with Crippen LogP contribution in [0.25, 0.3) is 0 Å². The maximum atomic E-state index is 10.7. The molecule has 0 saturated carbocycles. The minimum atomic E-state index is -0.509. The van der Waals surface area contributed by atoms with E-state index in [9.17, 15) is 4.79 Å². The quantitative estimate of drug-likeness (QED) is 0.533. The van der Waals surface area contributed by atoms with Gasteiger partial charge >= 0.3 is 0 Å². The van der Waals surface area contributed by atoms with E-state index in [0.717, 1.165) is 19.3 Å². The van der Waals surface area contributed by atoms with Gasteiger partial charge in [-0.2, -0.15) is 0 Å². The Bertz CT molecular complexity index is 123. The molecule has 0 aromatic heterocycles. The first-order valence-corrected chi connectivity index (χ1v) is 4.56. The van der Waals surface area contributed by atoms with Gasteiger partial charge in [-0.3, -0.25) is 4.79 Å². The first-order valence-electron chi connectivity index (χ1n) is 3.39. The summed E-state index contributed by atoms with van der Waals surface area (Å²) < 4.78 is -0.509. The summed E-state index contributed by atoms with van der Waals surface area (Å²) in [5.41, 5.74) is 0. The van der Waals surface area contributed by atoms with E-state index in [0.29, 0.717) is 0 Å². The zero-order chi connectivity index (χ0) is 8.20. The summed E-state index contributed by atoms with van der Waals surface area (Å²) in [7, 11) is 0. The Kier molecular flexibility index (Phi) is 4.54. The number of alkyl halides is 1. The van der Waals surface area contributed by atoms with Crippen LogP contribution in [0.15, 0.2) is 0 Å². The van der Waals surface area contributed by atoms with Gasteiger partial charge in [0.05, 0.1) is 4.32 Å². The number of unbranched alkanes of at least 4 members (excludes halogenated alkanes) is 1. The van der Waals surface area contributed by atoms with Crippen LogP contribution in [0.2, 0.25) is 0 Å². The van der Waals surface area contributed by atoms with Gasteiger partial charge in [-0.15, -0.1) is 0 Å². The van der Waals surface area contributed by atoms with Crippen molar-refractivity contribution in [3.05, 3.63) is 0 Å². The molecule has 10 heavy (non-hydrogen) atoms. The predicted octanol–water partition coefficient (Wildman–Crippen LogP) is 3.10. The minimum absolute atomic E-state index is 0.305. The van der Waals surface area contributed by atoms with Gasteiger partial charge in [0.2, 0.25) is 5.24 Å². The Morgan fingerprint density at radius 3 is 2.50 bits per heavy atom. The molecule has 0 bridgehead atoms. The van der Waals surface area contributed by atoms with Crippen LogP contribution in [0.5, 0.6) is 0 Å². The highest BCUT2D eigenvalue weighted by molar-refractivity contribution is 9.10. The molecule has 0 N–H and O–H groups in total. The second-order valence-electron chi connectivity index (χ2n) is 2.57. The standard InChI is InChI=1S/C7H12BrClO/c1-3-4-5-7(2,8)6(9)10/h3-5H2,1-2H3. The molecule has 0 spiro atoms. The van der Waals surface area contributed by atoms with Crippen molar-refractivity contribution < 1.29 is 4.79 Å². The molecule has 0 heterocycles. The summed E-state index contributed by atoms with van der Waals surface area (Å²) in [4.78, 5) is 10.7. The molecule has 0 aliphatic rings. The molecule has 0 radical (unpaired) electrons. The zero-order valence-electron chi connectivity index (χ0n) is 6.29. The molecule has 0 rings (SSSR count). The normalized spacial score (nSPS) is 16.4. The highest BCUT2D eigenvalue weighted by Crippen LogP contribution is 2.26. The number of hydrogen-bond acceptors (Lipinski definition) is 1. The lowest BCUT2D eigenvalue weighted by atomic mass is 10.1. The Balaban J connectivity index is 3.75. The molecular weight excluding hydrogens is 215 g/mol. The second kappa shape index (κ2) is 4.35. The maximum Gasteiger partial charge on any atom is 0.238 e. The zero-order valence-corrected chi connectivity index (χ0v) is 8.63. The van der Waals surface area contributed by atoms with Crippen molar-refractivity contribution in [2.45, 2.75) is 37.4 Å². The molecule has 0 aliphatic heterocycles. The van der Waals surface area contributed by atoms with Crippen LogP contribution in [0.4, 0.5) is 0 Å². The van der Waals surface area contributed by atoms with Crippen molar-refractivity contribution in [1.29, 1.82) is 0 Å². The van der Waals surface area contributed by atoms with Crippen molar-refractivity contribution >= 4 is 32.8 Å². The third kappa shape index (κ3) is 3.57. The molecule has 1 nitrogen and oxygen atoms in total. The van der Waals surface area contributed by atoms with Crippen LogP contribution in [0.3, 0.4) is 0 Å². The van der Waals surface area contributed by atoms with Gasteiger partial charge in [-0.05, 0) is 24.9 Å². The van der Waals surface area contributed by atoms with E-state index < -0.39 is 4.32 Å². The van der Waals surface area contributed by atoms with Gasteiger partial charge in [0.1, 0.15) is 0 Å².